The molecular weight excluding hydrogens is 266 g/mol. The molecule has 21 heavy (non-hydrogen) atoms. The minimum Gasteiger partial charge on any atom is -0.343 e. The summed E-state index contributed by atoms with van der Waals surface area (Å²) in [6.07, 6.45) is 2.09. The molecule has 2 rings (SSSR count). The third-order valence-corrected chi connectivity index (χ3v) is 3.84. The van der Waals surface area contributed by atoms with Crippen LogP contribution in [0, 0.1) is 0 Å². The molecule has 5 heteroatoms. The Balaban J connectivity index is 2.05. The number of anilines is 1. The Bertz CT molecular complexity index is 504. The second-order valence-corrected chi connectivity index (χ2v) is 5.58. The van der Waals surface area contributed by atoms with Gasteiger partial charge in [-0.2, -0.15) is 0 Å². The molecule has 1 aromatic carbocycles. The summed E-state index contributed by atoms with van der Waals surface area (Å²) in [7, 11) is 0. The van der Waals surface area contributed by atoms with Gasteiger partial charge >= 0.3 is 0 Å². The lowest BCUT2D eigenvalue weighted by atomic mass is 10.1. The summed E-state index contributed by atoms with van der Waals surface area (Å²) >= 11 is 0. The number of carbonyl (C=O) groups is 2. The van der Waals surface area contributed by atoms with Crippen LogP contribution in [0.5, 0.6) is 0 Å². The van der Waals surface area contributed by atoms with E-state index in [0.717, 1.165) is 12.1 Å². The topological polar surface area (TPSA) is 75.4 Å². The third-order valence-electron chi connectivity index (χ3n) is 3.84. The van der Waals surface area contributed by atoms with E-state index in [9.17, 15) is 9.59 Å². The third kappa shape index (κ3) is 3.42. The van der Waals surface area contributed by atoms with Gasteiger partial charge < -0.3 is 16.0 Å². The zero-order valence-electron chi connectivity index (χ0n) is 12.6. The van der Waals surface area contributed by atoms with Gasteiger partial charge in [0, 0.05) is 11.7 Å². The molecule has 0 saturated carbocycles. The maximum Gasteiger partial charge on any atom is 0.249 e. The van der Waals surface area contributed by atoms with Crippen molar-refractivity contribution in [3.63, 3.8) is 0 Å². The van der Waals surface area contributed by atoms with Gasteiger partial charge in [-0.1, -0.05) is 31.5 Å². The molecule has 0 spiro atoms. The lowest BCUT2D eigenvalue weighted by Crippen LogP contribution is -2.48. The van der Waals surface area contributed by atoms with Gasteiger partial charge in [0.1, 0.15) is 6.04 Å². The van der Waals surface area contributed by atoms with Gasteiger partial charge in [0.05, 0.1) is 6.04 Å². The van der Waals surface area contributed by atoms with Crippen LogP contribution in [0.2, 0.25) is 0 Å². The maximum atomic E-state index is 12.5. The van der Waals surface area contributed by atoms with Crippen LogP contribution in [0.4, 0.5) is 5.69 Å². The van der Waals surface area contributed by atoms with Crippen LogP contribution in [0.25, 0.3) is 0 Å². The van der Waals surface area contributed by atoms with Crippen molar-refractivity contribution in [2.24, 2.45) is 5.73 Å². The molecule has 1 aromatic rings. The van der Waals surface area contributed by atoms with Gasteiger partial charge in [0.2, 0.25) is 11.8 Å². The van der Waals surface area contributed by atoms with E-state index in [4.69, 9.17) is 5.73 Å². The first-order valence-electron chi connectivity index (χ1n) is 7.48. The molecule has 3 N–H and O–H groups in total. The predicted molar refractivity (Wildman–Crippen MR) is 82.8 cm³/mol. The van der Waals surface area contributed by atoms with Crippen LogP contribution < -0.4 is 16.0 Å². The number of benzene rings is 1. The highest BCUT2D eigenvalue weighted by molar-refractivity contribution is 6.02. The van der Waals surface area contributed by atoms with Gasteiger partial charge in [0.15, 0.2) is 0 Å². The number of nitrogens with two attached hydrogens (primary N) is 1. The smallest absolute Gasteiger partial charge is 0.249 e. The van der Waals surface area contributed by atoms with Crippen LogP contribution in [0.15, 0.2) is 30.3 Å². The summed E-state index contributed by atoms with van der Waals surface area (Å²) in [4.78, 5) is 26.2. The van der Waals surface area contributed by atoms with Crippen LogP contribution in [0.3, 0.4) is 0 Å². The van der Waals surface area contributed by atoms with E-state index in [1.807, 2.05) is 44.2 Å². The zero-order valence-corrected chi connectivity index (χ0v) is 12.6. The normalized spacial score (nSPS) is 23.2. The second kappa shape index (κ2) is 6.72. The van der Waals surface area contributed by atoms with Crippen molar-refractivity contribution < 1.29 is 9.59 Å². The summed E-state index contributed by atoms with van der Waals surface area (Å²) in [6, 6.07) is 8.57. The van der Waals surface area contributed by atoms with Gasteiger partial charge in [-0.15, -0.1) is 0 Å². The van der Waals surface area contributed by atoms with Crippen LogP contribution >= 0.6 is 0 Å². The van der Waals surface area contributed by atoms with Gasteiger partial charge in [0.25, 0.3) is 0 Å². The van der Waals surface area contributed by atoms with E-state index in [1.54, 1.807) is 4.90 Å². The molecule has 1 aliphatic rings. The molecule has 0 radical (unpaired) electrons. The largest absolute Gasteiger partial charge is 0.343 e. The highest BCUT2D eigenvalue weighted by Gasteiger charge is 2.39. The lowest BCUT2D eigenvalue weighted by Gasteiger charge is -2.21. The van der Waals surface area contributed by atoms with E-state index in [-0.39, 0.29) is 17.9 Å². The molecule has 1 fully saturated rings. The Morgan fingerprint density at radius 3 is 2.71 bits per heavy atom. The highest BCUT2D eigenvalue weighted by atomic mass is 16.2. The number of para-hydroxylation sites is 1. The fourth-order valence-corrected chi connectivity index (χ4v) is 2.74. The number of nitrogens with one attached hydrogen (secondary N) is 1. The Labute approximate surface area is 125 Å². The standard InChI is InChI=1S/C16H23N3O2/c1-3-7-13(17)15(20)18-14-10-11(2)19(16(14)21)12-8-5-4-6-9-12/h4-6,8-9,11,13-14H,3,7,10,17H2,1-2H3,(H,18,20). The second-order valence-electron chi connectivity index (χ2n) is 5.58. The summed E-state index contributed by atoms with van der Waals surface area (Å²) in [6.45, 7) is 3.97. The zero-order chi connectivity index (χ0) is 15.4. The summed E-state index contributed by atoms with van der Waals surface area (Å²) in [5, 5.41) is 2.79. The molecule has 3 unspecified atom stereocenters. The maximum absolute atomic E-state index is 12.5. The molecule has 5 nitrogen and oxygen atoms in total. The molecule has 0 aromatic heterocycles. The molecule has 1 saturated heterocycles. The molecule has 1 heterocycles. The van der Waals surface area contributed by atoms with Crippen LogP contribution in [-0.2, 0) is 9.59 Å². The van der Waals surface area contributed by atoms with Crippen molar-refractivity contribution in [1.82, 2.24) is 5.32 Å². The average molecular weight is 289 g/mol. The van der Waals surface area contributed by atoms with Crippen molar-refractivity contribution in [3.8, 4) is 0 Å². The average Bonchev–Trinajstić information content (AvgIpc) is 2.74. The SMILES string of the molecule is CCCC(N)C(=O)NC1CC(C)N(c2ccccc2)C1=O. The first-order chi connectivity index (χ1) is 10.0. The quantitative estimate of drug-likeness (QED) is 0.861. The molecule has 0 bridgehead atoms. The number of hydrogen-bond donors (Lipinski definition) is 2. The van der Waals surface area contributed by atoms with Gasteiger partial charge in [-0.05, 0) is 31.9 Å². The van der Waals surface area contributed by atoms with Crippen molar-refractivity contribution >= 4 is 17.5 Å². The molecule has 0 aliphatic carbocycles. The first kappa shape index (κ1) is 15.5. The van der Waals surface area contributed by atoms with E-state index in [2.05, 4.69) is 5.32 Å². The number of amides is 2. The fourth-order valence-electron chi connectivity index (χ4n) is 2.74. The number of nitrogens with zero attached hydrogens (tertiary/aromatic N) is 1. The first-order valence-corrected chi connectivity index (χ1v) is 7.48. The van der Waals surface area contributed by atoms with E-state index < -0.39 is 12.1 Å². The Kier molecular flexibility index (Phi) is 4.96. The Morgan fingerprint density at radius 1 is 1.43 bits per heavy atom. The van der Waals surface area contributed by atoms with Crippen molar-refractivity contribution in [3.05, 3.63) is 30.3 Å². The van der Waals surface area contributed by atoms with Crippen molar-refractivity contribution in [1.29, 1.82) is 0 Å². The number of rotatable bonds is 5. The summed E-state index contributed by atoms with van der Waals surface area (Å²) in [5.41, 5.74) is 6.66. The molecule has 114 valence electrons. The molecule has 1 aliphatic heterocycles. The highest BCUT2D eigenvalue weighted by Crippen LogP contribution is 2.26. The van der Waals surface area contributed by atoms with Crippen LogP contribution in [-0.4, -0.2) is 29.9 Å². The van der Waals surface area contributed by atoms with E-state index in [0.29, 0.717) is 12.8 Å². The molecule has 3 atom stereocenters. The van der Waals surface area contributed by atoms with Crippen molar-refractivity contribution in [2.75, 3.05) is 4.90 Å². The predicted octanol–water partition coefficient (Wildman–Crippen LogP) is 1.42. The van der Waals surface area contributed by atoms with Crippen LogP contribution in [0.1, 0.15) is 33.1 Å². The summed E-state index contributed by atoms with van der Waals surface area (Å²) in [5.74, 6) is -0.303. The van der Waals surface area contributed by atoms with Crippen molar-refractivity contribution in [2.45, 2.75) is 51.2 Å². The lowest BCUT2D eigenvalue weighted by molar-refractivity contribution is -0.127. The van der Waals surface area contributed by atoms with E-state index >= 15 is 0 Å². The molecule has 2 amide bonds. The number of hydrogen-bond acceptors (Lipinski definition) is 3. The number of carbonyl (C=O) groups excluding carboxylic acids is 2. The summed E-state index contributed by atoms with van der Waals surface area (Å²) < 4.78 is 0. The Hall–Kier alpha value is -1.88. The van der Waals surface area contributed by atoms with Gasteiger partial charge in [-0.25, -0.2) is 0 Å². The monoisotopic (exact) mass is 289 g/mol. The molecular formula is C16H23N3O2. The van der Waals surface area contributed by atoms with E-state index in [1.165, 1.54) is 0 Å². The minimum atomic E-state index is -0.538. The Morgan fingerprint density at radius 2 is 2.10 bits per heavy atom. The minimum absolute atomic E-state index is 0.0626. The fraction of sp³-hybridized carbons (Fsp3) is 0.500. The van der Waals surface area contributed by atoms with Gasteiger partial charge in [-0.3, -0.25) is 9.59 Å².